The summed E-state index contributed by atoms with van der Waals surface area (Å²) in [6, 6.07) is 10.2. The van der Waals surface area contributed by atoms with Crippen molar-refractivity contribution in [1.29, 1.82) is 0 Å². The Bertz CT molecular complexity index is 890. The van der Waals surface area contributed by atoms with Gasteiger partial charge in [0, 0.05) is 5.56 Å². The van der Waals surface area contributed by atoms with Crippen LogP contribution in [0.2, 0.25) is 0 Å². The zero-order chi connectivity index (χ0) is 18.7. The van der Waals surface area contributed by atoms with Crippen molar-refractivity contribution < 1.29 is 29.3 Å². The number of para-hydroxylation sites is 1. The van der Waals surface area contributed by atoms with Gasteiger partial charge in [-0.15, -0.1) is 0 Å². The van der Waals surface area contributed by atoms with Gasteiger partial charge in [-0.3, -0.25) is 4.79 Å². The summed E-state index contributed by atoms with van der Waals surface area (Å²) in [6.45, 7) is -0.397. The van der Waals surface area contributed by atoms with E-state index in [4.69, 9.17) is 14.6 Å². The van der Waals surface area contributed by atoms with Crippen molar-refractivity contribution in [3.05, 3.63) is 47.5 Å². The van der Waals surface area contributed by atoms with Crippen LogP contribution in [0.1, 0.15) is 11.1 Å². The van der Waals surface area contributed by atoms with Crippen molar-refractivity contribution in [3.63, 3.8) is 0 Å². The van der Waals surface area contributed by atoms with E-state index in [0.717, 1.165) is 5.56 Å². The molecule has 0 fully saturated rings. The largest absolute Gasteiger partial charge is 0.504 e. The molecule has 0 saturated carbocycles. The van der Waals surface area contributed by atoms with Crippen LogP contribution in [0.15, 0.2) is 36.4 Å². The summed E-state index contributed by atoms with van der Waals surface area (Å²) in [7, 11) is 1.46. The fraction of sp³-hybridized carbons (Fsp3) is 0.158. The predicted octanol–water partition coefficient (Wildman–Crippen LogP) is 2.38. The van der Waals surface area contributed by atoms with Gasteiger partial charge in [0.25, 0.3) is 0 Å². The van der Waals surface area contributed by atoms with E-state index in [1.165, 1.54) is 18.1 Å². The lowest BCUT2D eigenvalue weighted by molar-refractivity contribution is -0.136. The molecule has 0 amide bonds. The average molecular weight is 355 g/mol. The number of aliphatic carboxylic acids is 1. The Morgan fingerprint density at radius 1 is 1.31 bits per heavy atom. The van der Waals surface area contributed by atoms with Gasteiger partial charge in [-0.25, -0.2) is 4.79 Å². The van der Waals surface area contributed by atoms with Crippen molar-refractivity contribution in [2.75, 3.05) is 25.1 Å². The molecule has 1 aliphatic rings. The van der Waals surface area contributed by atoms with E-state index in [0.29, 0.717) is 22.7 Å². The second-order valence-electron chi connectivity index (χ2n) is 5.68. The van der Waals surface area contributed by atoms with Crippen molar-refractivity contribution in [3.8, 4) is 17.2 Å². The summed E-state index contributed by atoms with van der Waals surface area (Å²) in [5.41, 5.74) is 1.97. The van der Waals surface area contributed by atoms with Crippen molar-refractivity contribution in [1.82, 2.24) is 0 Å². The number of hydrogen-bond donors (Lipinski definition) is 2. The van der Waals surface area contributed by atoms with Crippen molar-refractivity contribution in [2.45, 2.75) is 0 Å². The first-order valence-electron chi connectivity index (χ1n) is 7.83. The zero-order valence-corrected chi connectivity index (χ0v) is 14.0. The number of carboxylic acid groups (broad SMARTS) is 1. The summed E-state index contributed by atoms with van der Waals surface area (Å²) in [5.74, 6) is -0.818. The third-order valence-electron chi connectivity index (χ3n) is 3.89. The Labute approximate surface area is 149 Å². The molecule has 1 aliphatic heterocycles. The minimum atomic E-state index is -1.03. The summed E-state index contributed by atoms with van der Waals surface area (Å²) in [4.78, 5) is 24.3. The first-order chi connectivity index (χ1) is 12.5. The first-order valence-corrected chi connectivity index (χ1v) is 7.83. The highest BCUT2D eigenvalue weighted by molar-refractivity contribution is 5.90. The number of esters is 1. The van der Waals surface area contributed by atoms with Crippen LogP contribution >= 0.6 is 0 Å². The number of hydrogen-bond acceptors (Lipinski definition) is 6. The third kappa shape index (κ3) is 3.61. The van der Waals surface area contributed by atoms with Crippen LogP contribution in [0.5, 0.6) is 17.2 Å². The maximum atomic E-state index is 11.8. The Balaban J connectivity index is 1.94. The van der Waals surface area contributed by atoms with Gasteiger partial charge in [-0.05, 0) is 23.8 Å². The molecule has 2 aromatic rings. The van der Waals surface area contributed by atoms with Crippen LogP contribution in [0.25, 0.3) is 12.2 Å². The number of methoxy groups -OCH3 is 1. The molecule has 2 N–H and O–H groups in total. The summed E-state index contributed by atoms with van der Waals surface area (Å²) < 4.78 is 10.4. The molecular formula is C19H17NO6. The van der Waals surface area contributed by atoms with E-state index in [-0.39, 0.29) is 18.8 Å². The van der Waals surface area contributed by atoms with E-state index in [2.05, 4.69) is 0 Å². The Hall–Kier alpha value is -3.48. The van der Waals surface area contributed by atoms with Crippen LogP contribution in [0.4, 0.5) is 5.69 Å². The number of benzene rings is 2. The molecule has 7 heteroatoms. The average Bonchev–Trinajstić information content (AvgIpc) is 2.60. The number of nitrogens with zero attached hydrogens (tertiary/aromatic N) is 1. The second-order valence-corrected chi connectivity index (χ2v) is 5.68. The van der Waals surface area contributed by atoms with Gasteiger partial charge in [0.2, 0.25) is 0 Å². The Morgan fingerprint density at radius 3 is 2.85 bits per heavy atom. The van der Waals surface area contributed by atoms with Gasteiger partial charge >= 0.3 is 11.9 Å². The van der Waals surface area contributed by atoms with E-state index < -0.39 is 11.9 Å². The van der Waals surface area contributed by atoms with Crippen LogP contribution in [-0.2, 0) is 9.59 Å². The summed E-state index contributed by atoms with van der Waals surface area (Å²) >= 11 is 0. The molecule has 1 heterocycles. The number of aromatic hydroxyl groups is 1. The minimum absolute atomic E-state index is 0.0417. The van der Waals surface area contributed by atoms with Gasteiger partial charge in [0.1, 0.15) is 13.1 Å². The lowest BCUT2D eigenvalue weighted by Crippen LogP contribution is -2.40. The van der Waals surface area contributed by atoms with Crippen LogP contribution in [0, 0.1) is 0 Å². The smallest absolute Gasteiger partial charge is 0.331 e. The summed E-state index contributed by atoms with van der Waals surface area (Å²) in [6.07, 6.45) is 3.53. The second kappa shape index (κ2) is 7.18. The van der Waals surface area contributed by atoms with E-state index >= 15 is 0 Å². The van der Waals surface area contributed by atoms with Crippen LogP contribution in [0.3, 0.4) is 0 Å². The monoisotopic (exact) mass is 355 g/mol. The lowest BCUT2D eigenvalue weighted by Gasteiger charge is -2.29. The number of ether oxygens (including phenoxy) is 2. The normalized spacial score (nSPS) is 13.4. The number of fused-ring (bicyclic) bond motifs is 1. The molecule has 0 bridgehead atoms. The highest BCUT2D eigenvalue weighted by atomic mass is 16.5. The maximum Gasteiger partial charge on any atom is 0.331 e. The maximum absolute atomic E-state index is 11.8. The molecule has 0 spiro atoms. The van der Waals surface area contributed by atoms with Gasteiger partial charge in [0.05, 0.1) is 12.8 Å². The minimum Gasteiger partial charge on any atom is -0.504 e. The highest BCUT2D eigenvalue weighted by Crippen LogP contribution is 2.36. The number of carbonyl (C=O) groups excluding carboxylic acids is 1. The number of carboxylic acids is 1. The van der Waals surface area contributed by atoms with Crippen LogP contribution in [-0.4, -0.2) is 42.4 Å². The molecule has 0 aromatic heterocycles. The van der Waals surface area contributed by atoms with E-state index in [9.17, 15) is 14.7 Å². The van der Waals surface area contributed by atoms with Crippen molar-refractivity contribution in [2.24, 2.45) is 0 Å². The molecule has 0 atom stereocenters. The molecule has 3 rings (SSSR count). The molecule has 0 radical (unpaired) electrons. The topological polar surface area (TPSA) is 96.3 Å². The number of carbonyl (C=O) groups is 2. The lowest BCUT2D eigenvalue weighted by atomic mass is 10.1. The molecule has 0 unspecified atom stereocenters. The fourth-order valence-corrected chi connectivity index (χ4v) is 2.71. The Morgan fingerprint density at radius 2 is 2.12 bits per heavy atom. The van der Waals surface area contributed by atoms with Gasteiger partial charge < -0.3 is 24.6 Å². The molecule has 134 valence electrons. The molecule has 2 aromatic carbocycles. The first kappa shape index (κ1) is 17.3. The predicted molar refractivity (Wildman–Crippen MR) is 95.5 cm³/mol. The Kier molecular flexibility index (Phi) is 4.79. The SMILES string of the molecule is COc1cc(/C=C/c2cccc3c2OC(=O)CN3CC(=O)O)ccc1O. The fourth-order valence-electron chi connectivity index (χ4n) is 2.71. The highest BCUT2D eigenvalue weighted by Gasteiger charge is 2.26. The van der Waals surface area contributed by atoms with E-state index in [1.807, 2.05) is 0 Å². The number of anilines is 1. The van der Waals surface area contributed by atoms with Crippen LogP contribution < -0.4 is 14.4 Å². The molecule has 0 aliphatic carbocycles. The van der Waals surface area contributed by atoms with Gasteiger partial charge in [-0.2, -0.15) is 0 Å². The van der Waals surface area contributed by atoms with Gasteiger partial charge in [-0.1, -0.05) is 30.4 Å². The molecule has 26 heavy (non-hydrogen) atoms. The third-order valence-corrected chi connectivity index (χ3v) is 3.89. The molecule has 7 nitrogen and oxygen atoms in total. The molecular weight excluding hydrogens is 338 g/mol. The number of rotatable bonds is 5. The molecule has 0 saturated heterocycles. The summed E-state index contributed by atoms with van der Waals surface area (Å²) in [5, 5.41) is 18.7. The number of phenolic OH excluding ortho intramolecular Hbond substituents is 1. The quantitative estimate of drug-likeness (QED) is 0.483. The standard InChI is InChI=1S/C19H17NO6/c1-25-16-9-12(6-8-15(16)21)5-7-13-3-2-4-14-19(13)26-18(24)11-20(14)10-17(22)23/h2-9,21H,10-11H2,1H3,(H,22,23)/b7-5+. The van der Waals surface area contributed by atoms with Crippen molar-refractivity contribution >= 4 is 29.8 Å². The van der Waals surface area contributed by atoms with E-state index in [1.54, 1.807) is 42.5 Å². The zero-order valence-electron chi connectivity index (χ0n) is 14.0. The number of phenols is 1. The van der Waals surface area contributed by atoms with Gasteiger partial charge in [0.15, 0.2) is 17.2 Å².